The quantitative estimate of drug-likeness (QED) is 0.649. The summed E-state index contributed by atoms with van der Waals surface area (Å²) in [6.45, 7) is 0. The zero-order chi connectivity index (χ0) is 19.6. The minimum Gasteiger partial charge on any atom is -0.497 e. The summed E-state index contributed by atoms with van der Waals surface area (Å²) in [6, 6.07) is 13.2. The largest absolute Gasteiger partial charge is 0.497 e. The number of nitrogens with zero attached hydrogens (tertiary/aromatic N) is 2. The first-order chi connectivity index (χ1) is 12.9. The second kappa shape index (κ2) is 7.33. The third kappa shape index (κ3) is 3.39. The Balaban J connectivity index is 2.09. The Bertz CT molecular complexity index is 906. The number of hydrogen-bond donors (Lipinski definition) is 1. The molecule has 7 nitrogen and oxygen atoms in total. The lowest BCUT2D eigenvalue weighted by atomic mass is 10.0. The van der Waals surface area contributed by atoms with E-state index in [2.05, 4.69) is 0 Å². The summed E-state index contributed by atoms with van der Waals surface area (Å²) in [5.74, 6) is -1.14. The molecule has 1 N–H and O–H groups in total. The van der Waals surface area contributed by atoms with Gasteiger partial charge < -0.3 is 9.84 Å². The van der Waals surface area contributed by atoms with E-state index in [1.54, 1.807) is 61.7 Å². The molecule has 1 atom stereocenters. The highest BCUT2D eigenvalue weighted by Crippen LogP contribution is 2.33. The number of imide groups is 1. The van der Waals surface area contributed by atoms with E-state index in [1.165, 1.54) is 13.1 Å². The number of amides is 3. The first-order valence-electron chi connectivity index (χ1n) is 8.18. The van der Waals surface area contributed by atoms with Gasteiger partial charge in [-0.1, -0.05) is 42.5 Å². The van der Waals surface area contributed by atoms with Crippen molar-refractivity contribution in [2.75, 3.05) is 14.2 Å². The summed E-state index contributed by atoms with van der Waals surface area (Å²) >= 11 is 0. The molecule has 1 aliphatic rings. The Labute approximate surface area is 156 Å². The number of likely N-dealkylation sites (N-methyl/N-ethyl adjacent to an activating group) is 1. The van der Waals surface area contributed by atoms with E-state index in [9.17, 15) is 19.5 Å². The minimum absolute atomic E-state index is 0.00363. The maximum absolute atomic E-state index is 12.6. The number of methoxy groups -OCH3 is 1. The highest BCUT2D eigenvalue weighted by Gasteiger charge is 2.45. The molecular formula is C20H18N2O5. The van der Waals surface area contributed by atoms with Crippen LogP contribution in [0.25, 0.3) is 6.08 Å². The Morgan fingerprint density at radius 3 is 2.26 bits per heavy atom. The molecule has 1 saturated heterocycles. The summed E-state index contributed by atoms with van der Waals surface area (Å²) in [5, 5.41) is 9.76. The summed E-state index contributed by atoms with van der Waals surface area (Å²) in [7, 11) is 2.87. The zero-order valence-corrected chi connectivity index (χ0v) is 14.8. The fourth-order valence-electron chi connectivity index (χ4n) is 2.90. The number of carbonyl (C=O) groups excluding carboxylic acids is 2. The fourth-order valence-corrected chi connectivity index (χ4v) is 2.90. The molecule has 0 aliphatic carbocycles. The molecule has 138 valence electrons. The molecule has 2 aromatic rings. The van der Waals surface area contributed by atoms with Crippen molar-refractivity contribution >= 4 is 24.0 Å². The number of hydrogen-bond acceptors (Lipinski definition) is 4. The lowest BCUT2D eigenvalue weighted by Gasteiger charge is -2.24. The van der Waals surface area contributed by atoms with E-state index in [0.29, 0.717) is 16.9 Å². The predicted octanol–water partition coefficient (Wildman–Crippen LogP) is 2.76. The monoisotopic (exact) mass is 366 g/mol. The molecule has 27 heavy (non-hydrogen) atoms. The van der Waals surface area contributed by atoms with Crippen LogP contribution >= 0.6 is 0 Å². The summed E-state index contributed by atoms with van der Waals surface area (Å²) < 4.78 is 5.10. The number of carboxylic acids is 1. The zero-order valence-electron chi connectivity index (χ0n) is 14.8. The number of urea groups is 1. The van der Waals surface area contributed by atoms with Crippen LogP contribution in [0.2, 0.25) is 0 Å². The molecule has 0 aromatic heterocycles. The van der Waals surface area contributed by atoms with Gasteiger partial charge in [-0.25, -0.2) is 9.59 Å². The molecule has 7 heteroatoms. The van der Waals surface area contributed by atoms with Gasteiger partial charge in [0.05, 0.1) is 7.11 Å². The molecule has 0 saturated carbocycles. The van der Waals surface area contributed by atoms with Gasteiger partial charge in [0.1, 0.15) is 11.4 Å². The SMILES string of the molecule is COc1ccc(/C=C2\C(=O)N(C)C(=O)N2C(C(=O)O)c2ccccc2)cc1. The van der Waals surface area contributed by atoms with Crippen LogP contribution in [0.3, 0.4) is 0 Å². The van der Waals surface area contributed by atoms with Crippen molar-refractivity contribution in [3.8, 4) is 5.75 Å². The van der Waals surface area contributed by atoms with Crippen LogP contribution in [0.4, 0.5) is 4.79 Å². The number of ether oxygens (including phenoxy) is 1. The van der Waals surface area contributed by atoms with E-state index in [4.69, 9.17) is 4.74 Å². The molecule has 1 heterocycles. The molecule has 0 radical (unpaired) electrons. The van der Waals surface area contributed by atoms with Crippen molar-refractivity contribution in [2.45, 2.75) is 6.04 Å². The molecule has 1 aliphatic heterocycles. The number of benzene rings is 2. The summed E-state index contributed by atoms with van der Waals surface area (Å²) in [5.41, 5.74) is 1.05. The van der Waals surface area contributed by atoms with Crippen LogP contribution in [0.15, 0.2) is 60.3 Å². The molecule has 1 unspecified atom stereocenters. The van der Waals surface area contributed by atoms with Gasteiger partial charge in [0, 0.05) is 7.05 Å². The maximum Gasteiger partial charge on any atom is 0.332 e. The van der Waals surface area contributed by atoms with Gasteiger partial charge in [0.15, 0.2) is 6.04 Å². The first kappa shape index (κ1) is 18.2. The molecular weight excluding hydrogens is 348 g/mol. The molecule has 2 aromatic carbocycles. The van der Waals surface area contributed by atoms with Gasteiger partial charge in [-0.05, 0) is 29.3 Å². The van der Waals surface area contributed by atoms with Gasteiger partial charge in [-0.15, -0.1) is 0 Å². The standard InChI is InChI=1S/C20H18N2O5/c1-21-18(23)16(12-13-8-10-15(27-2)11-9-13)22(20(21)26)17(19(24)25)14-6-4-3-5-7-14/h3-12,17H,1-2H3,(H,24,25)/b16-12+. The van der Waals surface area contributed by atoms with Gasteiger partial charge in [0.25, 0.3) is 5.91 Å². The molecule has 0 bridgehead atoms. The molecule has 3 amide bonds. The fraction of sp³-hybridized carbons (Fsp3) is 0.150. The Morgan fingerprint density at radius 1 is 1.07 bits per heavy atom. The van der Waals surface area contributed by atoms with Crippen molar-refractivity contribution in [1.29, 1.82) is 0 Å². The third-order valence-corrected chi connectivity index (χ3v) is 4.30. The predicted molar refractivity (Wildman–Crippen MR) is 97.8 cm³/mol. The summed E-state index contributed by atoms with van der Waals surface area (Å²) in [4.78, 5) is 39.1. The Kier molecular flexibility index (Phi) is 4.94. The van der Waals surface area contributed by atoms with Gasteiger partial charge in [-0.2, -0.15) is 0 Å². The first-order valence-corrected chi connectivity index (χ1v) is 8.18. The van der Waals surface area contributed by atoms with Crippen molar-refractivity contribution in [1.82, 2.24) is 9.80 Å². The van der Waals surface area contributed by atoms with Crippen LogP contribution < -0.4 is 4.74 Å². The second-order valence-electron chi connectivity index (χ2n) is 5.97. The number of carbonyl (C=O) groups is 3. The van der Waals surface area contributed by atoms with Crippen LogP contribution in [0.5, 0.6) is 5.75 Å². The van der Waals surface area contributed by atoms with Gasteiger partial charge in [0.2, 0.25) is 0 Å². The van der Waals surface area contributed by atoms with E-state index < -0.39 is 23.9 Å². The lowest BCUT2D eigenvalue weighted by molar-refractivity contribution is -0.141. The van der Waals surface area contributed by atoms with Crippen molar-refractivity contribution in [2.24, 2.45) is 0 Å². The highest BCUT2D eigenvalue weighted by atomic mass is 16.5. The van der Waals surface area contributed by atoms with Crippen LogP contribution in [0, 0.1) is 0 Å². The van der Waals surface area contributed by atoms with E-state index >= 15 is 0 Å². The third-order valence-electron chi connectivity index (χ3n) is 4.30. The van der Waals surface area contributed by atoms with Crippen LogP contribution in [-0.2, 0) is 9.59 Å². The number of carboxylic acid groups (broad SMARTS) is 1. The van der Waals surface area contributed by atoms with E-state index in [0.717, 1.165) is 9.80 Å². The second-order valence-corrected chi connectivity index (χ2v) is 5.97. The average Bonchev–Trinajstić information content (AvgIpc) is 2.88. The van der Waals surface area contributed by atoms with Gasteiger partial charge >= 0.3 is 12.0 Å². The van der Waals surface area contributed by atoms with E-state index in [1.807, 2.05) is 0 Å². The smallest absolute Gasteiger partial charge is 0.332 e. The van der Waals surface area contributed by atoms with Crippen LogP contribution in [0.1, 0.15) is 17.2 Å². The highest BCUT2D eigenvalue weighted by molar-refractivity contribution is 6.14. The van der Waals surface area contributed by atoms with E-state index in [-0.39, 0.29) is 5.70 Å². The maximum atomic E-state index is 12.6. The van der Waals surface area contributed by atoms with Crippen molar-refractivity contribution in [3.05, 3.63) is 71.4 Å². The minimum atomic E-state index is -1.31. The average molecular weight is 366 g/mol. The van der Waals surface area contributed by atoms with Crippen LogP contribution in [-0.4, -0.2) is 47.0 Å². The van der Waals surface area contributed by atoms with Crippen molar-refractivity contribution < 1.29 is 24.2 Å². The molecule has 1 fully saturated rings. The lowest BCUT2D eigenvalue weighted by Crippen LogP contribution is -2.36. The molecule has 3 rings (SSSR count). The number of rotatable bonds is 5. The van der Waals surface area contributed by atoms with Gasteiger partial charge in [-0.3, -0.25) is 14.6 Å². The summed E-state index contributed by atoms with van der Waals surface area (Å²) in [6.07, 6.45) is 1.50. The van der Waals surface area contributed by atoms with Crippen molar-refractivity contribution in [3.63, 3.8) is 0 Å². The Hall–Kier alpha value is -3.61. The topological polar surface area (TPSA) is 87.2 Å². The Morgan fingerprint density at radius 2 is 1.70 bits per heavy atom. The molecule has 0 spiro atoms. The number of aliphatic carboxylic acids is 1. The normalized spacial score (nSPS) is 16.7.